The Kier molecular flexibility index (Phi) is 6.77. The highest BCUT2D eigenvalue weighted by molar-refractivity contribution is 5.83. The van der Waals surface area contributed by atoms with Crippen molar-refractivity contribution in [3.63, 3.8) is 0 Å². The Morgan fingerprint density at radius 1 is 1.28 bits per heavy atom. The van der Waals surface area contributed by atoms with Gasteiger partial charge in [-0.25, -0.2) is 4.79 Å². The third-order valence-corrected chi connectivity index (χ3v) is 2.07. The van der Waals surface area contributed by atoms with E-state index in [-0.39, 0.29) is 18.9 Å². The molecular weight excluding hydrogens is 238 g/mol. The first-order valence-electron chi connectivity index (χ1n) is 5.78. The van der Waals surface area contributed by atoms with E-state index in [0.717, 1.165) is 0 Å². The van der Waals surface area contributed by atoms with Crippen LogP contribution in [0.2, 0.25) is 0 Å². The van der Waals surface area contributed by atoms with E-state index < -0.39 is 23.9 Å². The van der Waals surface area contributed by atoms with Gasteiger partial charge in [-0.3, -0.25) is 9.59 Å². The van der Waals surface area contributed by atoms with Gasteiger partial charge in [0, 0.05) is 12.6 Å². The van der Waals surface area contributed by atoms with E-state index in [1.54, 1.807) is 6.92 Å². The number of amides is 3. The molecule has 4 N–H and O–H groups in total. The lowest BCUT2D eigenvalue weighted by molar-refractivity contribution is -0.137. The molecule has 0 radical (unpaired) electrons. The molecule has 0 bridgehead atoms. The lowest BCUT2D eigenvalue weighted by atomic mass is 10.2. The maximum atomic E-state index is 11.8. The molecule has 3 amide bonds. The number of primary amides is 1. The number of aliphatic carboxylic acids is 1. The van der Waals surface area contributed by atoms with Crippen molar-refractivity contribution in [3.8, 4) is 0 Å². The molecule has 0 aliphatic heterocycles. The summed E-state index contributed by atoms with van der Waals surface area (Å²) >= 11 is 0. The molecule has 1 atom stereocenters. The van der Waals surface area contributed by atoms with Gasteiger partial charge in [0.05, 0.1) is 6.42 Å². The van der Waals surface area contributed by atoms with E-state index in [4.69, 9.17) is 10.8 Å². The van der Waals surface area contributed by atoms with E-state index in [1.165, 1.54) is 4.90 Å². The number of nitrogens with one attached hydrogen (secondary N) is 1. The van der Waals surface area contributed by atoms with Crippen LogP contribution in [-0.4, -0.2) is 47.0 Å². The SMILES string of the molecule is CC(C)CN(CC(N)=O)C(=O)NC(C)CC(=O)O. The molecule has 1 unspecified atom stereocenters. The summed E-state index contributed by atoms with van der Waals surface area (Å²) in [6.07, 6.45) is -0.169. The van der Waals surface area contributed by atoms with E-state index in [0.29, 0.717) is 6.54 Å². The Morgan fingerprint density at radius 3 is 2.22 bits per heavy atom. The van der Waals surface area contributed by atoms with Gasteiger partial charge in [-0.15, -0.1) is 0 Å². The summed E-state index contributed by atoms with van der Waals surface area (Å²) in [4.78, 5) is 34.4. The number of hydrogen-bond donors (Lipinski definition) is 3. The lowest BCUT2D eigenvalue weighted by Crippen LogP contribution is -2.48. The summed E-state index contributed by atoms with van der Waals surface area (Å²) in [5.41, 5.74) is 5.06. The monoisotopic (exact) mass is 259 g/mol. The van der Waals surface area contributed by atoms with Gasteiger partial charge in [0.25, 0.3) is 0 Å². The summed E-state index contributed by atoms with van der Waals surface area (Å²) in [5.74, 6) is -1.41. The number of carbonyl (C=O) groups excluding carboxylic acids is 2. The molecule has 7 heteroatoms. The van der Waals surface area contributed by atoms with Gasteiger partial charge in [-0.05, 0) is 12.8 Å². The van der Waals surface area contributed by atoms with E-state index in [1.807, 2.05) is 13.8 Å². The highest BCUT2D eigenvalue weighted by atomic mass is 16.4. The van der Waals surface area contributed by atoms with Crippen LogP contribution in [0.5, 0.6) is 0 Å². The third kappa shape index (κ3) is 7.48. The Labute approximate surface area is 106 Å². The van der Waals surface area contributed by atoms with Crippen LogP contribution in [0.1, 0.15) is 27.2 Å². The van der Waals surface area contributed by atoms with Gasteiger partial charge >= 0.3 is 12.0 Å². The fourth-order valence-corrected chi connectivity index (χ4v) is 1.46. The molecule has 0 heterocycles. The first kappa shape index (κ1) is 16.2. The summed E-state index contributed by atoms with van der Waals surface area (Å²) in [5, 5.41) is 11.1. The van der Waals surface area contributed by atoms with Gasteiger partial charge in [0.1, 0.15) is 6.54 Å². The molecule has 0 rings (SSSR count). The summed E-state index contributed by atoms with van der Waals surface area (Å²) in [6, 6.07) is -0.978. The number of carboxylic acid groups (broad SMARTS) is 1. The Morgan fingerprint density at radius 2 is 1.83 bits per heavy atom. The van der Waals surface area contributed by atoms with Crippen molar-refractivity contribution >= 4 is 17.9 Å². The molecular formula is C11H21N3O4. The van der Waals surface area contributed by atoms with Gasteiger partial charge in [-0.2, -0.15) is 0 Å². The summed E-state index contributed by atoms with van der Waals surface area (Å²) in [6.45, 7) is 5.60. The van der Waals surface area contributed by atoms with Crippen LogP contribution in [-0.2, 0) is 9.59 Å². The van der Waals surface area contributed by atoms with Gasteiger partial charge in [0.15, 0.2) is 0 Å². The Hall–Kier alpha value is -1.79. The van der Waals surface area contributed by atoms with Crippen LogP contribution in [0.3, 0.4) is 0 Å². The van der Waals surface area contributed by atoms with Gasteiger partial charge in [0.2, 0.25) is 5.91 Å². The molecule has 0 spiro atoms. The molecule has 0 fully saturated rings. The fourth-order valence-electron chi connectivity index (χ4n) is 1.46. The highest BCUT2D eigenvalue weighted by Crippen LogP contribution is 2.00. The predicted molar refractivity (Wildman–Crippen MR) is 65.9 cm³/mol. The van der Waals surface area contributed by atoms with Crippen LogP contribution in [0.4, 0.5) is 4.79 Å². The highest BCUT2D eigenvalue weighted by Gasteiger charge is 2.19. The molecule has 0 aliphatic carbocycles. The zero-order valence-electron chi connectivity index (χ0n) is 11.0. The minimum atomic E-state index is -0.992. The van der Waals surface area contributed by atoms with E-state index in [9.17, 15) is 14.4 Å². The van der Waals surface area contributed by atoms with Crippen LogP contribution in [0.25, 0.3) is 0 Å². The quantitative estimate of drug-likeness (QED) is 0.597. The molecule has 7 nitrogen and oxygen atoms in total. The normalized spacial score (nSPS) is 12.0. The van der Waals surface area contributed by atoms with Crippen molar-refractivity contribution < 1.29 is 19.5 Å². The number of urea groups is 1. The zero-order chi connectivity index (χ0) is 14.3. The molecule has 0 saturated carbocycles. The van der Waals surface area contributed by atoms with Crippen molar-refractivity contribution in [1.82, 2.24) is 10.2 Å². The van der Waals surface area contributed by atoms with E-state index in [2.05, 4.69) is 5.32 Å². The van der Waals surface area contributed by atoms with E-state index >= 15 is 0 Å². The standard InChI is InChI=1S/C11H21N3O4/c1-7(2)5-14(6-9(12)15)11(18)13-8(3)4-10(16)17/h7-8H,4-6H2,1-3H3,(H2,12,15)(H,13,18)(H,16,17). The average Bonchev–Trinajstić information content (AvgIpc) is 2.13. The van der Waals surface area contributed by atoms with Gasteiger partial charge < -0.3 is 21.1 Å². The van der Waals surface area contributed by atoms with Crippen molar-refractivity contribution in [3.05, 3.63) is 0 Å². The topological polar surface area (TPSA) is 113 Å². The number of hydrogen-bond acceptors (Lipinski definition) is 3. The van der Waals surface area contributed by atoms with Gasteiger partial charge in [-0.1, -0.05) is 13.8 Å². The second-order valence-corrected chi connectivity index (χ2v) is 4.69. The maximum absolute atomic E-state index is 11.8. The van der Waals surface area contributed by atoms with Crippen LogP contribution in [0.15, 0.2) is 0 Å². The molecule has 18 heavy (non-hydrogen) atoms. The first-order valence-corrected chi connectivity index (χ1v) is 5.78. The first-order chi connectivity index (χ1) is 8.22. The van der Waals surface area contributed by atoms with Crippen molar-refractivity contribution in [2.24, 2.45) is 11.7 Å². The second kappa shape index (κ2) is 7.52. The molecule has 0 aromatic heterocycles. The molecule has 0 saturated heterocycles. The lowest BCUT2D eigenvalue weighted by Gasteiger charge is -2.25. The van der Waals surface area contributed by atoms with Crippen LogP contribution < -0.4 is 11.1 Å². The number of nitrogens with zero attached hydrogens (tertiary/aromatic N) is 1. The summed E-state index contributed by atoms with van der Waals surface area (Å²) in [7, 11) is 0. The average molecular weight is 259 g/mol. The van der Waals surface area contributed by atoms with Crippen molar-refractivity contribution in [1.29, 1.82) is 0 Å². The number of carbonyl (C=O) groups is 3. The Bertz CT molecular complexity index is 317. The predicted octanol–water partition coefficient (Wildman–Crippen LogP) is 0.00250. The smallest absolute Gasteiger partial charge is 0.318 e. The van der Waals surface area contributed by atoms with Crippen LogP contribution >= 0.6 is 0 Å². The minimum absolute atomic E-state index is 0.169. The maximum Gasteiger partial charge on any atom is 0.318 e. The Balaban J connectivity index is 4.45. The second-order valence-electron chi connectivity index (χ2n) is 4.69. The minimum Gasteiger partial charge on any atom is -0.481 e. The molecule has 0 aromatic rings. The molecule has 0 aliphatic rings. The number of carboxylic acids is 1. The van der Waals surface area contributed by atoms with Crippen molar-refractivity contribution in [2.75, 3.05) is 13.1 Å². The number of nitrogens with two attached hydrogens (primary N) is 1. The third-order valence-electron chi connectivity index (χ3n) is 2.07. The zero-order valence-corrected chi connectivity index (χ0v) is 11.0. The molecule has 104 valence electrons. The summed E-state index contributed by atoms with van der Waals surface area (Å²) < 4.78 is 0. The largest absolute Gasteiger partial charge is 0.481 e. The van der Waals surface area contributed by atoms with Crippen molar-refractivity contribution in [2.45, 2.75) is 33.2 Å². The number of rotatable bonds is 7. The van der Waals surface area contributed by atoms with Crippen LogP contribution in [0, 0.1) is 5.92 Å². The molecule has 0 aromatic carbocycles. The fraction of sp³-hybridized carbons (Fsp3) is 0.727.